The summed E-state index contributed by atoms with van der Waals surface area (Å²) >= 11 is 0. The fourth-order valence-corrected chi connectivity index (χ4v) is 1.83. The van der Waals surface area contributed by atoms with E-state index in [0.29, 0.717) is 13.2 Å². The Kier molecular flexibility index (Phi) is 5.80. The number of benzene rings is 2. The van der Waals surface area contributed by atoms with E-state index in [1.807, 2.05) is 31.2 Å². The lowest BCUT2D eigenvalue weighted by Gasteiger charge is -2.10. The Labute approximate surface area is 118 Å². The molecule has 102 valence electrons. The van der Waals surface area contributed by atoms with Gasteiger partial charge in [0.05, 0.1) is 0 Å². The van der Waals surface area contributed by atoms with Gasteiger partial charge in [-0.3, -0.25) is 0 Å². The minimum atomic E-state index is -0.228. The molecule has 0 fully saturated rings. The van der Waals surface area contributed by atoms with Gasteiger partial charge < -0.3 is 10.5 Å². The third kappa shape index (κ3) is 3.94. The lowest BCUT2D eigenvalue weighted by molar-refractivity contribution is 0.326. The van der Waals surface area contributed by atoms with E-state index in [9.17, 15) is 4.39 Å². The van der Waals surface area contributed by atoms with Crippen molar-refractivity contribution >= 4 is 12.4 Å². The van der Waals surface area contributed by atoms with E-state index in [1.165, 1.54) is 12.1 Å². The Hall–Kier alpha value is -1.58. The molecule has 0 bridgehead atoms. The standard InChI is InChI=1S/C15H16FNO.ClH/c1-11-9-13(5-6-15(11)18-8-7-17)12-3-2-4-14(16)10-12;/h2-6,9-10H,7-8,17H2,1H3;1H. The largest absolute Gasteiger partial charge is 0.492 e. The highest BCUT2D eigenvalue weighted by molar-refractivity contribution is 5.85. The number of rotatable bonds is 4. The van der Waals surface area contributed by atoms with Crippen molar-refractivity contribution < 1.29 is 9.13 Å². The molecular formula is C15H17ClFNO. The Morgan fingerprint density at radius 1 is 1.11 bits per heavy atom. The van der Waals surface area contributed by atoms with Crippen molar-refractivity contribution in [3.8, 4) is 16.9 Å². The second-order valence-corrected chi connectivity index (χ2v) is 4.13. The Morgan fingerprint density at radius 2 is 1.84 bits per heavy atom. The fraction of sp³-hybridized carbons (Fsp3) is 0.200. The molecule has 2 aromatic carbocycles. The van der Waals surface area contributed by atoms with E-state index < -0.39 is 0 Å². The van der Waals surface area contributed by atoms with Crippen molar-refractivity contribution in [3.63, 3.8) is 0 Å². The van der Waals surface area contributed by atoms with Crippen LogP contribution >= 0.6 is 12.4 Å². The lowest BCUT2D eigenvalue weighted by Crippen LogP contribution is -2.11. The predicted molar refractivity (Wildman–Crippen MR) is 78.4 cm³/mol. The quantitative estimate of drug-likeness (QED) is 0.930. The van der Waals surface area contributed by atoms with Crippen LogP contribution in [0.15, 0.2) is 42.5 Å². The molecule has 19 heavy (non-hydrogen) atoms. The van der Waals surface area contributed by atoms with Gasteiger partial charge in [-0.25, -0.2) is 4.39 Å². The van der Waals surface area contributed by atoms with Crippen LogP contribution in [0.1, 0.15) is 5.56 Å². The van der Waals surface area contributed by atoms with Gasteiger partial charge >= 0.3 is 0 Å². The molecule has 0 saturated carbocycles. The third-order valence-electron chi connectivity index (χ3n) is 2.71. The molecule has 0 aliphatic rings. The van der Waals surface area contributed by atoms with Crippen LogP contribution in [-0.4, -0.2) is 13.2 Å². The summed E-state index contributed by atoms with van der Waals surface area (Å²) in [5, 5.41) is 0. The molecule has 0 saturated heterocycles. The Balaban J connectivity index is 0.00000180. The van der Waals surface area contributed by atoms with Crippen molar-refractivity contribution in [2.75, 3.05) is 13.2 Å². The van der Waals surface area contributed by atoms with Crippen LogP contribution in [0.4, 0.5) is 4.39 Å². The van der Waals surface area contributed by atoms with Gasteiger partial charge in [-0.2, -0.15) is 0 Å². The van der Waals surface area contributed by atoms with Gasteiger partial charge in [-0.15, -0.1) is 12.4 Å². The second-order valence-electron chi connectivity index (χ2n) is 4.13. The Bertz CT molecular complexity index is 545. The average molecular weight is 282 g/mol. The first-order valence-electron chi connectivity index (χ1n) is 5.90. The number of hydrogen-bond acceptors (Lipinski definition) is 2. The van der Waals surface area contributed by atoms with Gasteiger partial charge in [-0.05, 0) is 47.9 Å². The number of hydrogen-bond donors (Lipinski definition) is 1. The van der Waals surface area contributed by atoms with Crippen LogP contribution < -0.4 is 10.5 Å². The van der Waals surface area contributed by atoms with Crippen LogP contribution in [0, 0.1) is 12.7 Å². The summed E-state index contributed by atoms with van der Waals surface area (Å²) in [4.78, 5) is 0. The molecule has 0 unspecified atom stereocenters. The third-order valence-corrected chi connectivity index (χ3v) is 2.71. The van der Waals surface area contributed by atoms with Gasteiger partial charge in [0.2, 0.25) is 0 Å². The van der Waals surface area contributed by atoms with Crippen LogP contribution in [0.5, 0.6) is 5.75 Å². The van der Waals surface area contributed by atoms with Crippen molar-refractivity contribution in [1.82, 2.24) is 0 Å². The van der Waals surface area contributed by atoms with E-state index in [2.05, 4.69) is 0 Å². The smallest absolute Gasteiger partial charge is 0.123 e. The van der Waals surface area contributed by atoms with Crippen LogP contribution in [0.25, 0.3) is 11.1 Å². The van der Waals surface area contributed by atoms with Crippen LogP contribution in [0.2, 0.25) is 0 Å². The SMILES string of the molecule is Cc1cc(-c2cccc(F)c2)ccc1OCCN.Cl. The second kappa shape index (κ2) is 7.12. The van der Waals surface area contributed by atoms with Gasteiger partial charge in [0.25, 0.3) is 0 Å². The molecule has 0 heterocycles. The van der Waals surface area contributed by atoms with E-state index in [0.717, 1.165) is 22.4 Å². The van der Waals surface area contributed by atoms with Gasteiger partial charge in [-0.1, -0.05) is 18.2 Å². The normalized spacial score (nSPS) is 9.84. The van der Waals surface area contributed by atoms with E-state index in [-0.39, 0.29) is 18.2 Å². The number of ether oxygens (including phenoxy) is 1. The summed E-state index contributed by atoms with van der Waals surface area (Å²) in [7, 11) is 0. The van der Waals surface area contributed by atoms with Crippen LogP contribution in [0.3, 0.4) is 0 Å². The summed E-state index contributed by atoms with van der Waals surface area (Å²) in [6.07, 6.45) is 0. The van der Waals surface area contributed by atoms with Gasteiger partial charge in [0.15, 0.2) is 0 Å². The zero-order valence-corrected chi connectivity index (χ0v) is 11.5. The first-order valence-corrected chi connectivity index (χ1v) is 5.90. The molecule has 0 radical (unpaired) electrons. The minimum absolute atomic E-state index is 0. The van der Waals surface area contributed by atoms with Crippen molar-refractivity contribution in [1.29, 1.82) is 0 Å². The molecular weight excluding hydrogens is 265 g/mol. The fourth-order valence-electron chi connectivity index (χ4n) is 1.83. The highest BCUT2D eigenvalue weighted by Crippen LogP contribution is 2.26. The summed E-state index contributed by atoms with van der Waals surface area (Å²) in [6.45, 7) is 2.96. The number of aryl methyl sites for hydroxylation is 1. The van der Waals surface area contributed by atoms with E-state index >= 15 is 0 Å². The Morgan fingerprint density at radius 3 is 2.47 bits per heavy atom. The maximum Gasteiger partial charge on any atom is 0.123 e. The first kappa shape index (κ1) is 15.5. The molecule has 0 amide bonds. The summed E-state index contributed by atoms with van der Waals surface area (Å²) < 4.78 is 18.7. The monoisotopic (exact) mass is 281 g/mol. The predicted octanol–water partition coefficient (Wildman–Crippen LogP) is 3.56. The first-order chi connectivity index (χ1) is 8.70. The zero-order valence-electron chi connectivity index (χ0n) is 10.7. The van der Waals surface area contributed by atoms with Gasteiger partial charge in [0, 0.05) is 6.54 Å². The zero-order chi connectivity index (χ0) is 13.0. The molecule has 4 heteroatoms. The topological polar surface area (TPSA) is 35.2 Å². The molecule has 0 aromatic heterocycles. The number of nitrogens with two attached hydrogens (primary N) is 1. The highest BCUT2D eigenvalue weighted by Gasteiger charge is 2.03. The lowest BCUT2D eigenvalue weighted by atomic mass is 10.0. The maximum atomic E-state index is 13.2. The molecule has 2 nitrogen and oxygen atoms in total. The highest BCUT2D eigenvalue weighted by atomic mass is 35.5. The van der Waals surface area contributed by atoms with E-state index in [1.54, 1.807) is 6.07 Å². The van der Waals surface area contributed by atoms with Crippen LogP contribution in [-0.2, 0) is 0 Å². The molecule has 0 aliphatic carbocycles. The summed E-state index contributed by atoms with van der Waals surface area (Å²) in [5.74, 6) is 0.592. The summed E-state index contributed by atoms with van der Waals surface area (Å²) in [6, 6.07) is 12.4. The van der Waals surface area contributed by atoms with Gasteiger partial charge in [0.1, 0.15) is 18.2 Å². The van der Waals surface area contributed by atoms with Crippen molar-refractivity contribution in [2.24, 2.45) is 5.73 Å². The van der Waals surface area contributed by atoms with Crippen molar-refractivity contribution in [3.05, 3.63) is 53.8 Å². The molecule has 2 aromatic rings. The van der Waals surface area contributed by atoms with E-state index in [4.69, 9.17) is 10.5 Å². The molecule has 0 spiro atoms. The minimum Gasteiger partial charge on any atom is -0.492 e. The average Bonchev–Trinajstić information content (AvgIpc) is 2.37. The summed E-state index contributed by atoms with van der Waals surface area (Å²) in [5.41, 5.74) is 8.26. The van der Waals surface area contributed by atoms with Crippen molar-refractivity contribution in [2.45, 2.75) is 6.92 Å². The number of halogens is 2. The molecule has 0 atom stereocenters. The molecule has 2 N–H and O–H groups in total. The molecule has 0 aliphatic heterocycles. The molecule has 2 rings (SSSR count). The maximum absolute atomic E-state index is 13.2.